The number of ether oxygens (including phenoxy) is 1. The number of nitrogens with zero attached hydrogens (tertiary/aromatic N) is 4. The van der Waals surface area contributed by atoms with Crippen molar-refractivity contribution in [1.29, 1.82) is 0 Å². The number of hydrogen-bond acceptors (Lipinski definition) is 5. The smallest absolute Gasteiger partial charge is 0.274 e. The van der Waals surface area contributed by atoms with Crippen LogP contribution in [0.2, 0.25) is 0 Å². The van der Waals surface area contributed by atoms with Crippen LogP contribution in [0.15, 0.2) is 42.9 Å². The van der Waals surface area contributed by atoms with Crippen LogP contribution < -0.4 is 4.74 Å². The van der Waals surface area contributed by atoms with E-state index >= 15 is 0 Å². The van der Waals surface area contributed by atoms with Gasteiger partial charge in [0.15, 0.2) is 0 Å². The lowest BCUT2D eigenvalue weighted by molar-refractivity contribution is -0.131. The Morgan fingerprint density at radius 2 is 1.97 bits per heavy atom. The molecule has 0 atom stereocenters. The Bertz CT molecular complexity index is 894. The fourth-order valence-corrected chi connectivity index (χ4v) is 4.36. The lowest BCUT2D eigenvalue weighted by Crippen LogP contribution is -2.52. The van der Waals surface area contributed by atoms with Crippen LogP contribution in [0.1, 0.15) is 48.7 Å². The number of aromatic nitrogens is 2. The summed E-state index contributed by atoms with van der Waals surface area (Å²) in [5.74, 6) is 0.776. The monoisotopic (exact) mass is 394 g/mol. The molecule has 4 rings (SSSR count). The summed E-state index contributed by atoms with van der Waals surface area (Å²) in [6.07, 6.45) is 7.88. The molecule has 29 heavy (non-hydrogen) atoms. The molecule has 2 amide bonds. The molecule has 0 radical (unpaired) electrons. The van der Waals surface area contributed by atoms with E-state index in [2.05, 4.69) is 9.97 Å². The zero-order valence-corrected chi connectivity index (χ0v) is 16.9. The zero-order valence-electron chi connectivity index (χ0n) is 16.9. The summed E-state index contributed by atoms with van der Waals surface area (Å²) in [7, 11) is 1.86. The topological polar surface area (TPSA) is 75.6 Å². The summed E-state index contributed by atoms with van der Waals surface area (Å²) in [5, 5.41) is 0. The number of fused-ring (bicyclic) bond motifs is 1. The van der Waals surface area contributed by atoms with Gasteiger partial charge in [-0.25, -0.2) is 4.98 Å². The van der Waals surface area contributed by atoms with Crippen molar-refractivity contribution in [1.82, 2.24) is 19.8 Å². The number of carbonyl (C=O) groups is 2. The Morgan fingerprint density at radius 3 is 2.66 bits per heavy atom. The van der Waals surface area contributed by atoms with Gasteiger partial charge >= 0.3 is 0 Å². The maximum atomic E-state index is 13.2. The number of para-hydroxylation sites is 1. The van der Waals surface area contributed by atoms with Gasteiger partial charge in [-0.3, -0.25) is 14.6 Å². The Hall–Kier alpha value is -2.96. The number of carbonyl (C=O) groups excluding carboxylic acids is 2. The van der Waals surface area contributed by atoms with E-state index in [-0.39, 0.29) is 17.9 Å². The molecule has 2 heterocycles. The van der Waals surface area contributed by atoms with Crippen LogP contribution in [0.4, 0.5) is 0 Å². The molecular weight excluding hydrogens is 368 g/mol. The second kappa shape index (κ2) is 7.81. The van der Waals surface area contributed by atoms with Crippen molar-refractivity contribution in [3.63, 3.8) is 0 Å². The average molecular weight is 394 g/mol. The predicted molar refractivity (Wildman–Crippen MR) is 107 cm³/mol. The van der Waals surface area contributed by atoms with E-state index in [0.29, 0.717) is 18.8 Å². The number of amides is 2. The lowest BCUT2D eigenvalue weighted by atomic mass is 9.81. The van der Waals surface area contributed by atoms with Crippen molar-refractivity contribution in [2.75, 3.05) is 13.6 Å². The van der Waals surface area contributed by atoms with Gasteiger partial charge in [0.25, 0.3) is 5.91 Å². The van der Waals surface area contributed by atoms with Crippen molar-refractivity contribution in [3.8, 4) is 5.75 Å². The second-order valence-electron chi connectivity index (χ2n) is 8.01. The quantitative estimate of drug-likeness (QED) is 0.783. The summed E-state index contributed by atoms with van der Waals surface area (Å²) >= 11 is 0. The molecule has 1 aliphatic heterocycles. The zero-order chi connectivity index (χ0) is 20.4. The van der Waals surface area contributed by atoms with Gasteiger partial charge in [-0.2, -0.15) is 0 Å². The Labute approximate surface area is 170 Å². The highest BCUT2D eigenvalue weighted by atomic mass is 16.5. The van der Waals surface area contributed by atoms with Gasteiger partial charge in [0.05, 0.1) is 12.7 Å². The molecule has 2 aromatic rings. The molecule has 7 heteroatoms. The van der Waals surface area contributed by atoms with Crippen LogP contribution in [0.3, 0.4) is 0 Å². The second-order valence-corrected chi connectivity index (χ2v) is 8.01. The van der Waals surface area contributed by atoms with Crippen LogP contribution in [0, 0.1) is 0 Å². The highest BCUT2D eigenvalue weighted by molar-refractivity contribution is 5.92. The van der Waals surface area contributed by atoms with Crippen molar-refractivity contribution in [3.05, 3.63) is 54.1 Å². The Kier molecular flexibility index (Phi) is 5.22. The van der Waals surface area contributed by atoms with Crippen molar-refractivity contribution in [2.24, 2.45) is 0 Å². The molecule has 1 aliphatic carbocycles. The van der Waals surface area contributed by atoms with E-state index in [0.717, 1.165) is 37.0 Å². The molecule has 1 aromatic heterocycles. The van der Waals surface area contributed by atoms with Gasteiger partial charge in [0.1, 0.15) is 17.0 Å². The maximum Gasteiger partial charge on any atom is 0.274 e. The number of rotatable bonds is 2. The number of benzene rings is 1. The van der Waals surface area contributed by atoms with Crippen molar-refractivity contribution in [2.45, 2.75) is 50.8 Å². The molecule has 1 saturated carbocycles. The Balaban J connectivity index is 1.61. The fourth-order valence-electron chi connectivity index (χ4n) is 4.36. The SMILES string of the molecule is CC(=O)N(C)C1CCC2(CC1)CN(C(=O)c1cnccn1)Cc1ccccc1O2. The first-order valence-electron chi connectivity index (χ1n) is 10.0. The highest BCUT2D eigenvalue weighted by Crippen LogP contribution is 2.39. The average Bonchev–Trinajstić information content (AvgIpc) is 2.90. The normalized spacial score (nSPS) is 23.7. The van der Waals surface area contributed by atoms with Gasteiger partial charge in [-0.15, -0.1) is 0 Å². The molecule has 7 nitrogen and oxygen atoms in total. The standard InChI is InChI=1S/C22H26N4O3/c1-16(27)25(2)18-7-9-22(10-8-18)15-26(21(28)19-13-23-11-12-24-19)14-17-5-3-4-6-20(17)29-22/h3-6,11-13,18H,7-10,14-15H2,1-2H3. The molecule has 1 fully saturated rings. The van der Waals surface area contributed by atoms with E-state index in [4.69, 9.17) is 4.74 Å². The summed E-state index contributed by atoms with van der Waals surface area (Å²) in [4.78, 5) is 36.8. The highest BCUT2D eigenvalue weighted by Gasteiger charge is 2.43. The van der Waals surface area contributed by atoms with Gasteiger partial charge in [-0.05, 0) is 31.7 Å². The molecule has 0 unspecified atom stereocenters. The maximum absolute atomic E-state index is 13.2. The van der Waals surface area contributed by atoms with Crippen molar-refractivity contribution >= 4 is 11.8 Å². The van der Waals surface area contributed by atoms with Gasteiger partial charge in [-0.1, -0.05) is 18.2 Å². The van der Waals surface area contributed by atoms with E-state index in [9.17, 15) is 9.59 Å². The van der Waals surface area contributed by atoms with E-state index in [1.807, 2.05) is 41.1 Å². The molecule has 1 aromatic carbocycles. The summed E-state index contributed by atoms with van der Waals surface area (Å²) in [6.45, 7) is 2.57. The van der Waals surface area contributed by atoms with Crippen LogP contribution >= 0.6 is 0 Å². The molecular formula is C22H26N4O3. The van der Waals surface area contributed by atoms with Gasteiger partial charge in [0.2, 0.25) is 5.91 Å². The third-order valence-corrected chi connectivity index (χ3v) is 6.12. The molecule has 0 N–H and O–H groups in total. The van der Waals surface area contributed by atoms with Crippen LogP contribution in [-0.4, -0.2) is 56.8 Å². The van der Waals surface area contributed by atoms with E-state index in [1.54, 1.807) is 13.1 Å². The molecule has 2 aliphatic rings. The minimum absolute atomic E-state index is 0.0811. The van der Waals surface area contributed by atoms with Crippen LogP contribution in [0.25, 0.3) is 0 Å². The first kappa shape index (κ1) is 19.4. The van der Waals surface area contributed by atoms with E-state index in [1.165, 1.54) is 12.4 Å². The summed E-state index contributed by atoms with van der Waals surface area (Å²) in [6, 6.07) is 8.11. The first-order valence-corrected chi connectivity index (χ1v) is 10.0. The summed E-state index contributed by atoms with van der Waals surface area (Å²) < 4.78 is 6.56. The lowest BCUT2D eigenvalue weighted by Gasteiger charge is -2.43. The van der Waals surface area contributed by atoms with Gasteiger partial charge in [0, 0.05) is 44.5 Å². The van der Waals surface area contributed by atoms with Crippen molar-refractivity contribution < 1.29 is 14.3 Å². The van der Waals surface area contributed by atoms with Crippen LogP contribution in [-0.2, 0) is 11.3 Å². The minimum atomic E-state index is -0.460. The first-order chi connectivity index (χ1) is 14.0. The minimum Gasteiger partial charge on any atom is -0.485 e. The largest absolute Gasteiger partial charge is 0.485 e. The third kappa shape index (κ3) is 3.95. The Morgan fingerprint density at radius 1 is 1.21 bits per heavy atom. The van der Waals surface area contributed by atoms with Gasteiger partial charge < -0.3 is 14.5 Å². The third-order valence-electron chi connectivity index (χ3n) is 6.12. The predicted octanol–water partition coefficient (Wildman–Crippen LogP) is 2.67. The number of hydrogen-bond donors (Lipinski definition) is 0. The fraction of sp³-hybridized carbons (Fsp3) is 0.455. The molecule has 1 spiro atoms. The van der Waals surface area contributed by atoms with Crippen LogP contribution in [0.5, 0.6) is 5.75 Å². The molecule has 0 saturated heterocycles. The summed E-state index contributed by atoms with van der Waals surface area (Å²) in [5.41, 5.74) is 0.870. The molecule has 0 bridgehead atoms. The van der Waals surface area contributed by atoms with E-state index < -0.39 is 5.60 Å². The molecule has 152 valence electrons.